The molecular weight excluding hydrogens is 384 g/mol. The lowest BCUT2D eigenvalue weighted by Crippen LogP contribution is -2.30. The van der Waals surface area contributed by atoms with Crippen molar-refractivity contribution < 1.29 is 23.9 Å². The second kappa shape index (κ2) is 11.0. The molecule has 0 bridgehead atoms. The molecule has 0 fully saturated rings. The maximum Gasteiger partial charge on any atom is 0.344 e. The first-order chi connectivity index (χ1) is 14.3. The number of hydrogen-bond acceptors (Lipinski definition) is 5. The highest BCUT2D eigenvalue weighted by Crippen LogP contribution is 2.19. The molecule has 0 aromatic heterocycles. The molecule has 0 aliphatic carbocycles. The number of amides is 2. The van der Waals surface area contributed by atoms with Crippen molar-refractivity contribution in [2.24, 2.45) is 0 Å². The molecule has 2 aromatic carbocycles. The summed E-state index contributed by atoms with van der Waals surface area (Å²) in [5.74, 6) is -0.642. The topological polar surface area (TPSA) is 84.9 Å². The Labute approximate surface area is 177 Å². The van der Waals surface area contributed by atoms with E-state index >= 15 is 0 Å². The zero-order valence-corrected chi connectivity index (χ0v) is 17.9. The number of benzene rings is 2. The van der Waals surface area contributed by atoms with Gasteiger partial charge in [-0.1, -0.05) is 18.2 Å². The Morgan fingerprint density at radius 3 is 2.40 bits per heavy atom. The van der Waals surface area contributed by atoms with E-state index in [2.05, 4.69) is 5.32 Å². The van der Waals surface area contributed by atoms with E-state index in [1.165, 1.54) is 0 Å². The van der Waals surface area contributed by atoms with Crippen LogP contribution in [-0.4, -0.2) is 49.0 Å². The average molecular weight is 412 g/mol. The number of nitrogens with zero attached hydrogens (tertiary/aromatic N) is 1. The van der Waals surface area contributed by atoms with Gasteiger partial charge in [0.25, 0.3) is 11.8 Å². The molecule has 0 saturated carbocycles. The van der Waals surface area contributed by atoms with Gasteiger partial charge in [0.15, 0.2) is 13.2 Å². The Balaban J connectivity index is 1.84. The van der Waals surface area contributed by atoms with Crippen LogP contribution in [0.25, 0.3) is 0 Å². The molecule has 160 valence electrons. The molecule has 0 unspecified atom stereocenters. The van der Waals surface area contributed by atoms with Crippen LogP contribution in [0.1, 0.15) is 35.3 Å². The summed E-state index contributed by atoms with van der Waals surface area (Å²) in [5, 5.41) is 2.63. The van der Waals surface area contributed by atoms with Gasteiger partial charge in [-0.2, -0.15) is 0 Å². The lowest BCUT2D eigenvalue weighted by atomic mass is 10.1. The summed E-state index contributed by atoms with van der Waals surface area (Å²) < 4.78 is 10.4. The Bertz CT molecular complexity index is 906. The molecule has 0 aliphatic rings. The first-order valence-electron chi connectivity index (χ1n) is 9.88. The van der Waals surface area contributed by atoms with E-state index < -0.39 is 18.5 Å². The van der Waals surface area contributed by atoms with Gasteiger partial charge in [0, 0.05) is 24.3 Å². The summed E-state index contributed by atoms with van der Waals surface area (Å²) in [4.78, 5) is 38.1. The minimum Gasteiger partial charge on any atom is -0.482 e. The van der Waals surface area contributed by atoms with E-state index in [0.717, 1.165) is 11.1 Å². The first kappa shape index (κ1) is 22.9. The molecule has 0 atom stereocenters. The number of hydrogen-bond donors (Lipinski definition) is 1. The lowest BCUT2D eigenvalue weighted by Gasteiger charge is -2.19. The number of aryl methyl sites for hydroxylation is 2. The maximum absolute atomic E-state index is 12.4. The van der Waals surface area contributed by atoms with Gasteiger partial charge in [-0.15, -0.1) is 0 Å². The van der Waals surface area contributed by atoms with Crippen LogP contribution >= 0.6 is 0 Å². The molecule has 0 spiro atoms. The van der Waals surface area contributed by atoms with Crippen molar-refractivity contribution in [1.82, 2.24) is 4.90 Å². The molecule has 7 heteroatoms. The van der Waals surface area contributed by atoms with Gasteiger partial charge in [-0.25, -0.2) is 4.79 Å². The third-order valence-electron chi connectivity index (χ3n) is 4.50. The quantitative estimate of drug-likeness (QED) is 0.639. The molecule has 0 saturated heterocycles. The molecular formula is C23H28N2O5. The molecule has 0 radical (unpaired) electrons. The third kappa shape index (κ3) is 6.62. The zero-order chi connectivity index (χ0) is 22.1. The SMILES string of the molecule is CCN(CC)C(=O)c1cccc(NC(=O)COC(=O)COc2cc(C)ccc2C)c1. The van der Waals surface area contributed by atoms with E-state index in [-0.39, 0.29) is 12.5 Å². The number of esters is 1. The number of rotatable bonds is 9. The Morgan fingerprint density at radius 2 is 1.70 bits per heavy atom. The van der Waals surface area contributed by atoms with Crippen molar-refractivity contribution in [2.75, 3.05) is 31.6 Å². The van der Waals surface area contributed by atoms with Crippen molar-refractivity contribution in [3.05, 3.63) is 59.2 Å². The van der Waals surface area contributed by atoms with Gasteiger partial charge in [0.05, 0.1) is 0 Å². The number of nitrogens with one attached hydrogen (secondary N) is 1. The number of carbonyl (C=O) groups is 3. The van der Waals surface area contributed by atoms with Crippen LogP contribution in [0, 0.1) is 13.8 Å². The fourth-order valence-corrected chi connectivity index (χ4v) is 2.81. The van der Waals surface area contributed by atoms with Crippen LogP contribution < -0.4 is 10.1 Å². The first-order valence-corrected chi connectivity index (χ1v) is 9.88. The van der Waals surface area contributed by atoms with Crippen molar-refractivity contribution in [1.29, 1.82) is 0 Å². The monoisotopic (exact) mass is 412 g/mol. The zero-order valence-electron chi connectivity index (χ0n) is 17.9. The third-order valence-corrected chi connectivity index (χ3v) is 4.50. The molecule has 2 amide bonds. The van der Waals surface area contributed by atoms with Gasteiger partial charge in [0.1, 0.15) is 5.75 Å². The number of anilines is 1. The Morgan fingerprint density at radius 1 is 0.967 bits per heavy atom. The fraction of sp³-hybridized carbons (Fsp3) is 0.348. The average Bonchev–Trinajstić information content (AvgIpc) is 2.74. The molecule has 30 heavy (non-hydrogen) atoms. The van der Waals surface area contributed by atoms with Crippen molar-refractivity contribution in [3.8, 4) is 5.75 Å². The van der Waals surface area contributed by atoms with Gasteiger partial charge in [-0.05, 0) is 63.1 Å². The lowest BCUT2D eigenvalue weighted by molar-refractivity contribution is -0.149. The van der Waals surface area contributed by atoms with E-state index in [9.17, 15) is 14.4 Å². The second-order valence-corrected chi connectivity index (χ2v) is 6.82. The highest BCUT2D eigenvalue weighted by atomic mass is 16.6. The van der Waals surface area contributed by atoms with E-state index in [4.69, 9.17) is 9.47 Å². The van der Waals surface area contributed by atoms with Crippen LogP contribution in [0.4, 0.5) is 5.69 Å². The van der Waals surface area contributed by atoms with Crippen LogP contribution in [0.5, 0.6) is 5.75 Å². The molecule has 7 nitrogen and oxygen atoms in total. The van der Waals surface area contributed by atoms with Crippen molar-refractivity contribution >= 4 is 23.5 Å². The summed E-state index contributed by atoms with van der Waals surface area (Å²) in [7, 11) is 0. The summed E-state index contributed by atoms with van der Waals surface area (Å²) in [6.07, 6.45) is 0. The Kier molecular flexibility index (Phi) is 8.41. The van der Waals surface area contributed by atoms with Crippen molar-refractivity contribution in [2.45, 2.75) is 27.7 Å². The van der Waals surface area contributed by atoms with Gasteiger partial charge in [-0.3, -0.25) is 9.59 Å². The summed E-state index contributed by atoms with van der Waals surface area (Å²) >= 11 is 0. The maximum atomic E-state index is 12.4. The second-order valence-electron chi connectivity index (χ2n) is 6.82. The van der Waals surface area contributed by atoms with E-state index in [0.29, 0.717) is 30.1 Å². The van der Waals surface area contributed by atoms with Crippen LogP contribution in [-0.2, 0) is 14.3 Å². The predicted octanol–water partition coefficient (Wildman–Crippen LogP) is 3.35. The smallest absolute Gasteiger partial charge is 0.344 e. The molecule has 2 rings (SSSR count). The fourth-order valence-electron chi connectivity index (χ4n) is 2.81. The van der Waals surface area contributed by atoms with Gasteiger partial charge < -0.3 is 19.7 Å². The summed E-state index contributed by atoms with van der Waals surface area (Å²) in [6, 6.07) is 12.4. The number of carbonyl (C=O) groups excluding carboxylic acids is 3. The van der Waals surface area contributed by atoms with E-state index in [1.54, 1.807) is 29.2 Å². The highest BCUT2D eigenvalue weighted by Gasteiger charge is 2.14. The minimum absolute atomic E-state index is 0.105. The van der Waals surface area contributed by atoms with Gasteiger partial charge in [0.2, 0.25) is 0 Å². The molecule has 0 heterocycles. The predicted molar refractivity (Wildman–Crippen MR) is 115 cm³/mol. The normalized spacial score (nSPS) is 10.3. The summed E-state index contributed by atoms with van der Waals surface area (Å²) in [5.41, 5.74) is 2.87. The number of ether oxygens (including phenoxy) is 2. The van der Waals surface area contributed by atoms with Crippen LogP contribution in [0.15, 0.2) is 42.5 Å². The largest absolute Gasteiger partial charge is 0.482 e. The minimum atomic E-state index is -0.642. The highest BCUT2D eigenvalue weighted by molar-refractivity contribution is 5.97. The standard InChI is InChI=1S/C23H28N2O5/c1-5-25(6-2)23(28)18-8-7-9-19(13-18)24-21(26)14-30-22(27)15-29-20-12-16(3)10-11-17(20)4/h7-13H,5-6,14-15H2,1-4H3,(H,24,26). The van der Waals surface area contributed by atoms with E-state index in [1.807, 2.05) is 45.9 Å². The summed E-state index contributed by atoms with van der Waals surface area (Å²) in [6.45, 7) is 8.11. The molecule has 2 aromatic rings. The van der Waals surface area contributed by atoms with Crippen LogP contribution in [0.3, 0.4) is 0 Å². The molecule has 0 aliphatic heterocycles. The van der Waals surface area contributed by atoms with Gasteiger partial charge >= 0.3 is 5.97 Å². The van der Waals surface area contributed by atoms with Crippen LogP contribution in [0.2, 0.25) is 0 Å². The van der Waals surface area contributed by atoms with Crippen molar-refractivity contribution in [3.63, 3.8) is 0 Å². The Hall–Kier alpha value is -3.35. The molecule has 1 N–H and O–H groups in total.